The van der Waals surface area contributed by atoms with Crippen molar-refractivity contribution in [1.29, 1.82) is 0 Å². The van der Waals surface area contributed by atoms with E-state index in [9.17, 15) is 4.79 Å². The zero-order valence-corrected chi connectivity index (χ0v) is 16.5. The average Bonchev–Trinajstić information content (AvgIpc) is 2.66. The van der Waals surface area contributed by atoms with E-state index in [0.717, 1.165) is 31.4 Å². The quantitative estimate of drug-likeness (QED) is 0.665. The van der Waals surface area contributed by atoms with Crippen LogP contribution in [0.4, 0.5) is 0 Å². The number of ether oxygens (including phenoxy) is 2. The summed E-state index contributed by atoms with van der Waals surface area (Å²) in [6.07, 6.45) is 6.93. The van der Waals surface area contributed by atoms with E-state index in [0.29, 0.717) is 30.2 Å². The number of nitrogens with one attached hydrogen (secondary N) is 2. The van der Waals surface area contributed by atoms with Crippen molar-refractivity contribution < 1.29 is 14.3 Å². The molecule has 0 unspecified atom stereocenters. The Balaban J connectivity index is 1.89. The van der Waals surface area contributed by atoms with Crippen LogP contribution in [0.5, 0.6) is 11.5 Å². The van der Waals surface area contributed by atoms with E-state index in [1.165, 1.54) is 19.3 Å². The fourth-order valence-corrected chi connectivity index (χ4v) is 3.15. The maximum absolute atomic E-state index is 12.1. The summed E-state index contributed by atoms with van der Waals surface area (Å²) in [6, 6.07) is 6.69. The lowest BCUT2D eigenvalue weighted by molar-refractivity contribution is -0.124. The molecule has 2 N–H and O–H groups in total. The van der Waals surface area contributed by atoms with Crippen LogP contribution >= 0.6 is 0 Å². The van der Waals surface area contributed by atoms with Crippen LogP contribution in [0.15, 0.2) is 18.2 Å². The fourth-order valence-electron chi connectivity index (χ4n) is 3.15. The molecule has 0 bridgehead atoms. The maximum atomic E-state index is 12.1. The van der Waals surface area contributed by atoms with Gasteiger partial charge in [0.2, 0.25) is 0 Å². The van der Waals surface area contributed by atoms with E-state index in [-0.39, 0.29) is 12.5 Å². The number of amides is 1. The number of carbonyl (C=O) groups is 1. The Bertz CT molecular complexity index is 556. The number of hydrogen-bond acceptors (Lipinski definition) is 4. The predicted octanol–water partition coefficient (Wildman–Crippen LogP) is 3.80. The summed E-state index contributed by atoms with van der Waals surface area (Å²) in [4.78, 5) is 12.1. The molecule has 1 amide bonds. The predicted molar refractivity (Wildman–Crippen MR) is 105 cm³/mol. The van der Waals surface area contributed by atoms with Crippen molar-refractivity contribution in [2.24, 2.45) is 0 Å². The molecule has 0 spiro atoms. The van der Waals surface area contributed by atoms with Gasteiger partial charge in [-0.1, -0.05) is 32.3 Å². The Kier molecular flexibility index (Phi) is 8.75. The number of benzene rings is 1. The first kappa shape index (κ1) is 20.6. The molecule has 1 atom stereocenters. The molecule has 146 valence electrons. The Morgan fingerprint density at radius 2 is 1.92 bits per heavy atom. The minimum atomic E-state index is -0.0538. The SMILES string of the molecule is CCOc1cc(CN[C@@H](C)CC)ccc1OCC(=O)NC1CCCCC1. The molecule has 0 heterocycles. The third kappa shape index (κ3) is 6.87. The molecule has 26 heavy (non-hydrogen) atoms. The highest BCUT2D eigenvalue weighted by atomic mass is 16.5. The third-order valence-electron chi connectivity index (χ3n) is 4.90. The monoisotopic (exact) mass is 362 g/mol. The zero-order valence-electron chi connectivity index (χ0n) is 16.5. The standard InChI is InChI=1S/C21H34N2O3/c1-4-16(3)22-14-17-11-12-19(20(13-17)25-5-2)26-15-21(24)23-18-9-7-6-8-10-18/h11-13,16,18,22H,4-10,14-15H2,1-3H3,(H,23,24)/t16-/m0/s1. The summed E-state index contributed by atoms with van der Waals surface area (Å²) in [7, 11) is 0. The van der Waals surface area contributed by atoms with Gasteiger partial charge in [-0.3, -0.25) is 4.79 Å². The van der Waals surface area contributed by atoms with Gasteiger partial charge in [-0.15, -0.1) is 0 Å². The maximum Gasteiger partial charge on any atom is 0.258 e. The van der Waals surface area contributed by atoms with E-state index in [1.54, 1.807) is 0 Å². The van der Waals surface area contributed by atoms with Gasteiger partial charge in [0.25, 0.3) is 5.91 Å². The lowest BCUT2D eigenvalue weighted by Crippen LogP contribution is -2.39. The highest BCUT2D eigenvalue weighted by Gasteiger charge is 2.16. The number of rotatable bonds is 10. The molecule has 0 aliphatic heterocycles. The molecular formula is C21H34N2O3. The van der Waals surface area contributed by atoms with E-state index < -0.39 is 0 Å². The van der Waals surface area contributed by atoms with Gasteiger partial charge in [-0.2, -0.15) is 0 Å². The van der Waals surface area contributed by atoms with Crippen molar-refractivity contribution >= 4 is 5.91 Å². The lowest BCUT2D eigenvalue weighted by Gasteiger charge is -2.23. The summed E-state index contributed by atoms with van der Waals surface area (Å²) in [5.41, 5.74) is 1.15. The van der Waals surface area contributed by atoms with Gasteiger partial charge < -0.3 is 20.1 Å². The molecule has 1 saturated carbocycles. The highest BCUT2D eigenvalue weighted by molar-refractivity contribution is 5.78. The molecular weight excluding hydrogens is 328 g/mol. The van der Waals surface area contributed by atoms with Gasteiger partial charge in [0.1, 0.15) is 0 Å². The number of hydrogen-bond donors (Lipinski definition) is 2. The summed E-state index contributed by atoms with van der Waals surface area (Å²) < 4.78 is 11.4. The van der Waals surface area contributed by atoms with Crippen LogP contribution in [0.2, 0.25) is 0 Å². The van der Waals surface area contributed by atoms with Crippen molar-refractivity contribution in [3.8, 4) is 11.5 Å². The molecule has 0 aromatic heterocycles. The molecule has 0 radical (unpaired) electrons. The minimum absolute atomic E-state index is 0.0288. The molecule has 5 heteroatoms. The zero-order chi connectivity index (χ0) is 18.8. The average molecular weight is 363 g/mol. The van der Waals surface area contributed by atoms with E-state index in [1.807, 2.05) is 25.1 Å². The van der Waals surface area contributed by atoms with Crippen LogP contribution in [0.25, 0.3) is 0 Å². The van der Waals surface area contributed by atoms with Gasteiger partial charge in [0.05, 0.1) is 6.61 Å². The second-order valence-electron chi connectivity index (χ2n) is 7.10. The molecule has 2 rings (SSSR count). The van der Waals surface area contributed by atoms with Gasteiger partial charge in [-0.25, -0.2) is 0 Å². The topological polar surface area (TPSA) is 59.6 Å². The second kappa shape index (κ2) is 11.1. The Morgan fingerprint density at radius 3 is 2.62 bits per heavy atom. The Morgan fingerprint density at radius 1 is 1.15 bits per heavy atom. The summed E-state index contributed by atoms with van der Waals surface area (Å²) in [6.45, 7) is 7.67. The van der Waals surface area contributed by atoms with Crippen molar-refractivity contribution in [1.82, 2.24) is 10.6 Å². The van der Waals surface area contributed by atoms with Gasteiger partial charge in [0, 0.05) is 18.6 Å². The van der Waals surface area contributed by atoms with Gasteiger partial charge in [0.15, 0.2) is 18.1 Å². The van der Waals surface area contributed by atoms with Gasteiger partial charge in [-0.05, 0) is 50.8 Å². The van der Waals surface area contributed by atoms with E-state index >= 15 is 0 Å². The molecule has 1 aliphatic rings. The first-order valence-electron chi connectivity index (χ1n) is 10.0. The Labute approximate surface area is 157 Å². The first-order chi connectivity index (χ1) is 12.6. The van der Waals surface area contributed by atoms with E-state index in [2.05, 4.69) is 24.5 Å². The molecule has 1 aromatic rings. The van der Waals surface area contributed by atoms with E-state index in [4.69, 9.17) is 9.47 Å². The number of carbonyl (C=O) groups excluding carboxylic acids is 1. The van der Waals surface area contributed by atoms with Crippen LogP contribution < -0.4 is 20.1 Å². The Hall–Kier alpha value is -1.75. The fraction of sp³-hybridized carbons (Fsp3) is 0.667. The summed E-state index contributed by atoms with van der Waals surface area (Å²) >= 11 is 0. The smallest absolute Gasteiger partial charge is 0.258 e. The normalized spacial score (nSPS) is 16.1. The minimum Gasteiger partial charge on any atom is -0.490 e. The van der Waals surface area contributed by atoms with Crippen molar-refractivity contribution in [3.63, 3.8) is 0 Å². The van der Waals surface area contributed by atoms with Crippen molar-refractivity contribution in [2.75, 3.05) is 13.2 Å². The highest BCUT2D eigenvalue weighted by Crippen LogP contribution is 2.28. The third-order valence-corrected chi connectivity index (χ3v) is 4.90. The second-order valence-corrected chi connectivity index (χ2v) is 7.10. The van der Waals surface area contributed by atoms with Crippen LogP contribution in [-0.4, -0.2) is 31.2 Å². The van der Waals surface area contributed by atoms with Crippen LogP contribution in [-0.2, 0) is 11.3 Å². The van der Waals surface area contributed by atoms with Crippen LogP contribution in [0.3, 0.4) is 0 Å². The first-order valence-corrected chi connectivity index (χ1v) is 10.0. The van der Waals surface area contributed by atoms with Crippen LogP contribution in [0.1, 0.15) is 64.9 Å². The molecule has 1 fully saturated rings. The van der Waals surface area contributed by atoms with Gasteiger partial charge >= 0.3 is 0 Å². The molecule has 5 nitrogen and oxygen atoms in total. The largest absolute Gasteiger partial charge is 0.490 e. The van der Waals surface area contributed by atoms with Crippen molar-refractivity contribution in [3.05, 3.63) is 23.8 Å². The molecule has 0 saturated heterocycles. The van der Waals surface area contributed by atoms with Crippen molar-refractivity contribution in [2.45, 2.75) is 77.9 Å². The lowest BCUT2D eigenvalue weighted by atomic mass is 9.95. The summed E-state index contributed by atoms with van der Waals surface area (Å²) in [5, 5.41) is 6.55. The molecule has 1 aliphatic carbocycles. The van der Waals surface area contributed by atoms with Crippen LogP contribution in [0, 0.1) is 0 Å². The molecule has 1 aromatic carbocycles. The summed E-state index contributed by atoms with van der Waals surface area (Å²) in [5.74, 6) is 1.27.